The van der Waals surface area contributed by atoms with Gasteiger partial charge in [-0.15, -0.1) is 0 Å². The van der Waals surface area contributed by atoms with E-state index in [-0.39, 0.29) is 36.0 Å². The second-order valence-electron chi connectivity index (χ2n) is 4.34. The van der Waals surface area contributed by atoms with E-state index in [1.54, 1.807) is 6.92 Å². The van der Waals surface area contributed by atoms with Gasteiger partial charge in [-0.2, -0.15) is 0 Å². The van der Waals surface area contributed by atoms with Gasteiger partial charge in [-0.05, 0) is 18.4 Å². The van der Waals surface area contributed by atoms with Crippen LogP contribution < -0.4 is 10.6 Å². The maximum absolute atomic E-state index is 12.0. The Kier molecular flexibility index (Phi) is 5.29. The topological polar surface area (TPSA) is 75.3 Å². The monoisotopic (exact) mass is 269 g/mol. The number of barbiturate groups is 1. The third-order valence-electron chi connectivity index (χ3n) is 3.28. The number of hydrogen-bond acceptors (Lipinski definition) is 3. The predicted octanol–water partition coefficient (Wildman–Crippen LogP) is 0.611. The molecule has 95 valence electrons. The van der Waals surface area contributed by atoms with Gasteiger partial charge >= 0.3 is 6.03 Å². The van der Waals surface area contributed by atoms with Crippen LogP contribution in [0.3, 0.4) is 0 Å². The summed E-state index contributed by atoms with van der Waals surface area (Å²) < 4.78 is 0. The molecule has 0 aromatic heterocycles. The number of amides is 4. The van der Waals surface area contributed by atoms with E-state index in [9.17, 15) is 14.4 Å². The third kappa shape index (κ3) is 3.05. The minimum atomic E-state index is -1.20. The molecule has 1 radical (unpaired) electrons. The van der Waals surface area contributed by atoms with Crippen molar-refractivity contribution in [2.24, 2.45) is 5.41 Å². The van der Waals surface area contributed by atoms with Crippen LogP contribution in [0.4, 0.5) is 4.79 Å². The number of nitrogens with one attached hydrogen (secondary N) is 2. The van der Waals surface area contributed by atoms with Crippen LogP contribution in [0, 0.1) is 5.41 Å². The zero-order valence-electron chi connectivity index (χ0n) is 11.0. The summed E-state index contributed by atoms with van der Waals surface area (Å²) in [5.41, 5.74) is -0.311. The van der Waals surface area contributed by atoms with Crippen LogP contribution >= 0.6 is 0 Å². The van der Waals surface area contributed by atoms with Gasteiger partial charge in [-0.25, -0.2) is 4.79 Å². The summed E-state index contributed by atoms with van der Waals surface area (Å²) in [5.74, 6) is -1.05. The molecular weight excluding hydrogens is 255 g/mol. The van der Waals surface area contributed by atoms with Crippen molar-refractivity contribution in [3.63, 3.8) is 0 Å². The fraction of sp³-hybridized carbons (Fsp3) is 0.308. The number of benzene rings is 1. The molecule has 2 N–H and O–H groups in total. The molecule has 1 saturated heterocycles. The Hall–Kier alpha value is -1.17. The van der Waals surface area contributed by atoms with E-state index in [0.29, 0.717) is 6.42 Å². The van der Waals surface area contributed by atoms with Gasteiger partial charge in [-0.1, -0.05) is 37.3 Å². The number of imide groups is 2. The maximum Gasteiger partial charge on any atom is 0.328 e. The van der Waals surface area contributed by atoms with Gasteiger partial charge in [0.05, 0.1) is 0 Å². The standard InChI is InChI=1S/C13H14N2O3.Na/c1-2-13(8-9-6-4-3-5-7-9)10(16)14-12(18)15-11(13)17;/h3-7H,2,8H2,1H3,(H2,14,15,16,17,18);. The molecule has 1 aromatic rings. The Morgan fingerprint density at radius 3 is 2.00 bits per heavy atom. The van der Waals surface area contributed by atoms with E-state index in [1.165, 1.54) is 0 Å². The fourth-order valence-electron chi connectivity index (χ4n) is 2.13. The first-order chi connectivity index (χ1) is 8.58. The van der Waals surface area contributed by atoms with Gasteiger partial charge < -0.3 is 0 Å². The smallest absolute Gasteiger partial charge is 0.277 e. The molecule has 0 saturated carbocycles. The van der Waals surface area contributed by atoms with Crippen molar-refractivity contribution < 1.29 is 14.4 Å². The van der Waals surface area contributed by atoms with E-state index in [2.05, 4.69) is 10.6 Å². The molecule has 5 nitrogen and oxygen atoms in total. The zero-order valence-corrected chi connectivity index (χ0v) is 13.0. The Morgan fingerprint density at radius 1 is 1.00 bits per heavy atom. The summed E-state index contributed by atoms with van der Waals surface area (Å²) in [6.07, 6.45) is 0.627. The molecule has 1 heterocycles. The van der Waals surface area contributed by atoms with E-state index < -0.39 is 23.3 Å². The van der Waals surface area contributed by atoms with Crippen LogP contribution in [0.25, 0.3) is 0 Å². The number of carbonyl (C=O) groups is 3. The fourth-order valence-corrected chi connectivity index (χ4v) is 2.13. The van der Waals surface area contributed by atoms with Crippen LogP contribution in [0.15, 0.2) is 30.3 Å². The quantitative estimate of drug-likeness (QED) is 0.623. The van der Waals surface area contributed by atoms with Crippen molar-refractivity contribution in [2.45, 2.75) is 19.8 Å². The van der Waals surface area contributed by atoms with E-state index in [1.807, 2.05) is 30.3 Å². The number of rotatable bonds is 3. The average molecular weight is 269 g/mol. The molecule has 6 heteroatoms. The van der Waals surface area contributed by atoms with Crippen molar-refractivity contribution in [3.8, 4) is 0 Å². The Bertz CT molecular complexity index is 482. The minimum absolute atomic E-state index is 0. The average Bonchev–Trinajstić information content (AvgIpc) is 2.35. The molecule has 19 heavy (non-hydrogen) atoms. The first kappa shape index (κ1) is 15.9. The van der Waals surface area contributed by atoms with Crippen LogP contribution in [-0.2, 0) is 16.0 Å². The Balaban J connectivity index is 0.00000180. The van der Waals surface area contributed by atoms with Crippen LogP contribution in [0.2, 0.25) is 0 Å². The van der Waals surface area contributed by atoms with E-state index in [0.717, 1.165) is 5.56 Å². The summed E-state index contributed by atoms with van der Waals surface area (Å²) in [6, 6.07) is 8.53. The predicted molar refractivity (Wildman–Crippen MR) is 70.3 cm³/mol. The minimum Gasteiger partial charge on any atom is -0.277 e. The SMILES string of the molecule is CCC1(Cc2ccccc2)C(=O)NC(=O)NC1=O.[Na]. The molecular formula is C13H14N2NaO3. The van der Waals surface area contributed by atoms with Crippen molar-refractivity contribution in [3.05, 3.63) is 35.9 Å². The summed E-state index contributed by atoms with van der Waals surface area (Å²) in [6.45, 7) is 1.76. The zero-order chi connectivity index (χ0) is 13.2. The van der Waals surface area contributed by atoms with Gasteiger partial charge in [0.2, 0.25) is 11.8 Å². The molecule has 0 atom stereocenters. The van der Waals surface area contributed by atoms with Gasteiger partial charge in [0.25, 0.3) is 0 Å². The molecule has 0 aliphatic carbocycles. The number of hydrogen-bond donors (Lipinski definition) is 2. The molecule has 1 aromatic carbocycles. The van der Waals surface area contributed by atoms with Crippen LogP contribution in [0.1, 0.15) is 18.9 Å². The van der Waals surface area contributed by atoms with Crippen molar-refractivity contribution in [2.75, 3.05) is 0 Å². The van der Waals surface area contributed by atoms with Gasteiger partial charge in [0.1, 0.15) is 5.41 Å². The van der Waals surface area contributed by atoms with E-state index >= 15 is 0 Å². The molecule has 0 spiro atoms. The summed E-state index contributed by atoms with van der Waals surface area (Å²) in [7, 11) is 0. The van der Waals surface area contributed by atoms with Crippen molar-refractivity contribution in [1.29, 1.82) is 0 Å². The number of urea groups is 1. The molecule has 2 rings (SSSR count). The molecule has 4 amide bonds. The van der Waals surface area contributed by atoms with Crippen molar-refractivity contribution in [1.82, 2.24) is 10.6 Å². The maximum atomic E-state index is 12.0. The second kappa shape index (κ2) is 6.32. The second-order valence-corrected chi connectivity index (χ2v) is 4.34. The molecule has 1 fully saturated rings. The van der Waals surface area contributed by atoms with E-state index in [4.69, 9.17) is 0 Å². The van der Waals surface area contributed by atoms with Gasteiger partial charge in [-0.3, -0.25) is 20.2 Å². The summed E-state index contributed by atoms with van der Waals surface area (Å²) in [5, 5.41) is 4.32. The molecule has 0 bridgehead atoms. The number of carbonyl (C=O) groups excluding carboxylic acids is 3. The Morgan fingerprint density at radius 2 is 1.53 bits per heavy atom. The summed E-state index contributed by atoms with van der Waals surface area (Å²) >= 11 is 0. The summed E-state index contributed by atoms with van der Waals surface area (Å²) in [4.78, 5) is 35.0. The molecule has 0 unspecified atom stereocenters. The van der Waals surface area contributed by atoms with Crippen LogP contribution in [-0.4, -0.2) is 47.4 Å². The van der Waals surface area contributed by atoms with Gasteiger partial charge in [0, 0.05) is 29.6 Å². The van der Waals surface area contributed by atoms with Crippen molar-refractivity contribution >= 4 is 47.4 Å². The van der Waals surface area contributed by atoms with Gasteiger partial charge in [0.15, 0.2) is 0 Å². The Labute approximate surface area is 133 Å². The normalized spacial score (nSPS) is 17.2. The largest absolute Gasteiger partial charge is 0.328 e. The molecule has 1 aliphatic heterocycles. The first-order valence-corrected chi connectivity index (χ1v) is 5.79. The van der Waals surface area contributed by atoms with Crippen LogP contribution in [0.5, 0.6) is 0 Å². The first-order valence-electron chi connectivity index (χ1n) is 5.79. The third-order valence-corrected chi connectivity index (χ3v) is 3.28. The molecule has 1 aliphatic rings.